The number of carbonyl (C=O) groups is 1. The van der Waals surface area contributed by atoms with E-state index in [2.05, 4.69) is 20.3 Å². The molecule has 0 bridgehead atoms. The molecule has 0 fully saturated rings. The summed E-state index contributed by atoms with van der Waals surface area (Å²) >= 11 is 1.14. The zero-order chi connectivity index (χ0) is 19.4. The first-order chi connectivity index (χ1) is 13.0. The SMILES string of the molecule is COc1sc(C(=O)O)cc1C(C)CNc1cc(-c2ccc(C)nc2)ncn1. The highest BCUT2D eigenvalue weighted by atomic mass is 32.1. The van der Waals surface area contributed by atoms with Gasteiger partial charge in [0.15, 0.2) is 5.06 Å². The van der Waals surface area contributed by atoms with Crippen LogP contribution in [0.15, 0.2) is 36.8 Å². The first-order valence-electron chi connectivity index (χ1n) is 8.38. The number of pyridine rings is 1. The molecule has 8 heteroatoms. The predicted octanol–water partition coefficient (Wildman–Crippen LogP) is 3.83. The molecular formula is C19H20N4O3S. The van der Waals surface area contributed by atoms with Crippen LogP contribution in [-0.2, 0) is 0 Å². The second-order valence-electron chi connectivity index (χ2n) is 6.12. The topological polar surface area (TPSA) is 97.2 Å². The highest BCUT2D eigenvalue weighted by Crippen LogP contribution is 2.35. The molecular weight excluding hydrogens is 364 g/mol. The summed E-state index contributed by atoms with van der Waals surface area (Å²) in [4.78, 5) is 24.3. The van der Waals surface area contributed by atoms with E-state index in [1.54, 1.807) is 19.4 Å². The molecule has 0 aliphatic carbocycles. The van der Waals surface area contributed by atoms with Gasteiger partial charge in [0.05, 0.1) is 12.8 Å². The van der Waals surface area contributed by atoms with E-state index in [1.807, 2.05) is 32.0 Å². The second-order valence-corrected chi connectivity index (χ2v) is 7.14. The van der Waals surface area contributed by atoms with Crippen LogP contribution in [0.1, 0.15) is 33.8 Å². The van der Waals surface area contributed by atoms with Crippen LogP contribution in [0.5, 0.6) is 5.06 Å². The standard InChI is InChI=1S/C19H20N4O3S/c1-11(14-6-16(18(24)25)27-19(14)26-3)8-21-17-7-15(22-10-23-17)13-5-4-12(2)20-9-13/h4-7,9-11H,8H2,1-3H3,(H,24,25)(H,21,22,23). The average Bonchev–Trinajstić information content (AvgIpc) is 3.12. The molecule has 3 rings (SSSR count). The third-order valence-electron chi connectivity index (χ3n) is 4.12. The van der Waals surface area contributed by atoms with Crippen LogP contribution in [0.25, 0.3) is 11.3 Å². The lowest BCUT2D eigenvalue weighted by Gasteiger charge is -2.14. The van der Waals surface area contributed by atoms with Crippen LogP contribution in [-0.4, -0.2) is 39.7 Å². The Labute approximate surface area is 161 Å². The molecule has 0 saturated carbocycles. The number of aromatic nitrogens is 3. The summed E-state index contributed by atoms with van der Waals surface area (Å²) in [6.07, 6.45) is 3.30. The number of anilines is 1. The van der Waals surface area contributed by atoms with Crippen LogP contribution < -0.4 is 10.1 Å². The Morgan fingerprint density at radius 3 is 2.78 bits per heavy atom. The van der Waals surface area contributed by atoms with Gasteiger partial charge >= 0.3 is 5.97 Å². The molecule has 0 aromatic carbocycles. The van der Waals surface area contributed by atoms with Gasteiger partial charge in [-0.1, -0.05) is 18.3 Å². The summed E-state index contributed by atoms with van der Waals surface area (Å²) < 4.78 is 5.33. The molecule has 7 nitrogen and oxygen atoms in total. The van der Waals surface area contributed by atoms with Crippen molar-refractivity contribution in [2.75, 3.05) is 19.0 Å². The lowest BCUT2D eigenvalue weighted by molar-refractivity contribution is 0.0702. The fourth-order valence-electron chi connectivity index (χ4n) is 2.60. The van der Waals surface area contributed by atoms with Crippen molar-refractivity contribution in [1.29, 1.82) is 0 Å². The minimum Gasteiger partial charge on any atom is -0.487 e. The Bertz CT molecular complexity index is 940. The maximum Gasteiger partial charge on any atom is 0.346 e. The quantitative estimate of drug-likeness (QED) is 0.639. The summed E-state index contributed by atoms with van der Waals surface area (Å²) in [5.41, 5.74) is 3.52. The molecule has 1 unspecified atom stereocenters. The fourth-order valence-corrected chi connectivity index (χ4v) is 3.53. The van der Waals surface area contributed by atoms with Gasteiger partial charge < -0.3 is 15.2 Å². The molecule has 140 valence electrons. The average molecular weight is 384 g/mol. The maximum atomic E-state index is 11.2. The number of nitrogens with one attached hydrogen (secondary N) is 1. The lowest BCUT2D eigenvalue weighted by atomic mass is 10.0. The molecule has 0 aliphatic heterocycles. The van der Waals surface area contributed by atoms with Gasteiger partial charge in [0.1, 0.15) is 17.0 Å². The van der Waals surface area contributed by atoms with E-state index < -0.39 is 5.97 Å². The number of hydrogen-bond acceptors (Lipinski definition) is 7. The molecule has 3 aromatic rings. The molecule has 0 amide bonds. The van der Waals surface area contributed by atoms with E-state index in [0.29, 0.717) is 17.4 Å². The van der Waals surface area contributed by atoms with Gasteiger partial charge in [-0.05, 0) is 25.1 Å². The number of rotatable bonds is 7. The molecule has 1 atom stereocenters. The Hall–Kier alpha value is -3.00. The molecule has 0 spiro atoms. The molecule has 2 N–H and O–H groups in total. The minimum atomic E-state index is -0.947. The summed E-state index contributed by atoms with van der Waals surface area (Å²) in [6, 6.07) is 7.45. The molecule has 3 aromatic heterocycles. The number of carboxylic acid groups (broad SMARTS) is 1. The van der Waals surface area contributed by atoms with Crippen molar-refractivity contribution in [3.8, 4) is 16.3 Å². The summed E-state index contributed by atoms with van der Waals surface area (Å²) in [5.74, 6) is -0.208. The Kier molecular flexibility index (Phi) is 5.66. The van der Waals surface area contributed by atoms with Crippen molar-refractivity contribution in [1.82, 2.24) is 15.0 Å². The van der Waals surface area contributed by atoms with Crippen molar-refractivity contribution in [2.45, 2.75) is 19.8 Å². The van der Waals surface area contributed by atoms with Gasteiger partial charge in [-0.2, -0.15) is 0 Å². The fraction of sp³-hybridized carbons (Fsp3) is 0.263. The molecule has 27 heavy (non-hydrogen) atoms. The van der Waals surface area contributed by atoms with Gasteiger partial charge in [-0.25, -0.2) is 14.8 Å². The monoisotopic (exact) mass is 384 g/mol. The summed E-state index contributed by atoms with van der Waals surface area (Å²) in [5, 5.41) is 13.1. The highest BCUT2D eigenvalue weighted by Gasteiger charge is 2.19. The van der Waals surface area contributed by atoms with E-state index >= 15 is 0 Å². The van der Waals surface area contributed by atoms with E-state index in [-0.39, 0.29) is 10.8 Å². The van der Waals surface area contributed by atoms with Gasteiger partial charge in [0.2, 0.25) is 0 Å². The first kappa shape index (κ1) is 18.8. The van der Waals surface area contributed by atoms with E-state index in [0.717, 1.165) is 33.9 Å². The normalized spacial score (nSPS) is 11.8. The number of ether oxygens (including phenoxy) is 1. The Morgan fingerprint density at radius 1 is 1.30 bits per heavy atom. The van der Waals surface area contributed by atoms with E-state index in [9.17, 15) is 9.90 Å². The summed E-state index contributed by atoms with van der Waals surface area (Å²) in [7, 11) is 1.55. The first-order valence-corrected chi connectivity index (χ1v) is 9.19. The number of hydrogen-bond donors (Lipinski definition) is 2. The molecule has 0 radical (unpaired) electrons. The van der Waals surface area contributed by atoms with Crippen LogP contribution in [0.2, 0.25) is 0 Å². The van der Waals surface area contributed by atoms with Gasteiger partial charge in [0, 0.05) is 41.5 Å². The summed E-state index contributed by atoms with van der Waals surface area (Å²) in [6.45, 7) is 4.52. The smallest absolute Gasteiger partial charge is 0.346 e. The van der Waals surface area contributed by atoms with Gasteiger partial charge in [-0.15, -0.1) is 0 Å². The van der Waals surface area contributed by atoms with Crippen LogP contribution in [0, 0.1) is 6.92 Å². The predicted molar refractivity (Wildman–Crippen MR) is 105 cm³/mol. The number of carboxylic acids is 1. The lowest BCUT2D eigenvalue weighted by Crippen LogP contribution is -2.11. The zero-order valence-electron chi connectivity index (χ0n) is 15.3. The van der Waals surface area contributed by atoms with Crippen molar-refractivity contribution < 1.29 is 14.6 Å². The molecule has 3 heterocycles. The molecule has 0 saturated heterocycles. The zero-order valence-corrected chi connectivity index (χ0v) is 16.1. The second kappa shape index (κ2) is 8.13. The minimum absolute atomic E-state index is 0.0451. The third kappa shape index (κ3) is 4.40. The Balaban J connectivity index is 1.72. The third-order valence-corrected chi connectivity index (χ3v) is 5.22. The Morgan fingerprint density at radius 2 is 2.11 bits per heavy atom. The number of aromatic carboxylic acids is 1. The highest BCUT2D eigenvalue weighted by molar-refractivity contribution is 7.15. The van der Waals surface area contributed by atoms with E-state index in [1.165, 1.54) is 6.33 Å². The van der Waals surface area contributed by atoms with Crippen LogP contribution in [0.3, 0.4) is 0 Å². The number of aryl methyl sites for hydroxylation is 1. The van der Waals surface area contributed by atoms with Crippen molar-refractivity contribution in [3.05, 3.63) is 52.9 Å². The van der Waals surface area contributed by atoms with Crippen molar-refractivity contribution in [2.24, 2.45) is 0 Å². The van der Waals surface area contributed by atoms with Crippen LogP contribution >= 0.6 is 11.3 Å². The van der Waals surface area contributed by atoms with E-state index in [4.69, 9.17) is 4.74 Å². The number of thiophene rings is 1. The maximum absolute atomic E-state index is 11.2. The number of nitrogens with zero attached hydrogens (tertiary/aromatic N) is 3. The molecule has 0 aliphatic rings. The largest absolute Gasteiger partial charge is 0.487 e. The number of methoxy groups -OCH3 is 1. The van der Waals surface area contributed by atoms with Gasteiger partial charge in [0.25, 0.3) is 0 Å². The van der Waals surface area contributed by atoms with Crippen LogP contribution in [0.4, 0.5) is 5.82 Å². The van der Waals surface area contributed by atoms with Crippen molar-refractivity contribution >= 4 is 23.1 Å². The van der Waals surface area contributed by atoms with Crippen molar-refractivity contribution in [3.63, 3.8) is 0 Å². The van der Waals surface area contributed by atoms with Gasteiger partial charge in [-0.3, -0.25) is 4.98 Å².